The Morgan fingerprint density at radius 1 is 0.759 bits per heavy atom. The number of hydrogen-bond donors (Lipinski definition) is 0. The van der Waals surface area contributed by atoms with Crippen LogP contribution in [-0.2, 0) is 6.54 Å². The Hall–Kier alpha value is 0.140. The molecule has 0 spiro atoms. The van der Waals surface area contributed by atoms with E-state index in [0.717, 1.165) is 33.4 Å². The predicted octanol–water partition coefficient (Wildman–Crippen LogP) is -0.156. The number of quaternary nitrogens is 2. The Morgan fingerprint density at radius 3 is 1.93 bits per heavy atom. The molecule has 168 valence electrons. The summed E-state index contributed by atoms with van der Waals surface area (Å²) in [5.74, 6) is 1.12. The molecule has 0 amide bonds. The molecule has 0 N–H and O–H groups in total. The Balaban J connectivity index is 0.00000392. The van der Waals surface area contributed by atoms with Gasteiger partial charge in [0.25, 0.3) is 0 Å². The molecule has 1 aromatic heterocycles. The van der Waals surface area contributed by atoms with Crippen LogP contribution < -0.4 is 48.0 Å². The second-order valence-electron chi connectivity index (χ2n) is 9.16. The molecular formula is C24H42I2N2O. The van der Waals surface area contributed by atoms with Gasteiger partial charge in [0, 0.05) is 5.39 Å². The fourth-order valence-corrected chi connectivity index (χ4v) is 3.74. The van der Waals surface area contributed by atoms with Gasteiger partial charge in [-0.3, -0.25) is 0 Å². The van der Waals surface area contributed by atoms with Gasteiger partial charge in [-0.1, -0.05) is 31.0 Å². The standard InChI is InChI=1S/C24H42N2O.2HI/c1-6-25(3,4)18-14-10-8-9-11-15-19-26(5,7-2)21-23-20-22-16-12-13-17-24(22)27-23;;/h12-13,16-17,20H,6-11,14-15,18-19,21H2,1-5H3;2*1H/q+2;;/p-2. The van der Waals surface area contributed by atoms with Gasteiger partial charge in [-0.05, 0) is 51.7 Å². The van der Waals surface area contributed by atoms with Gasteiger partial charge in [-0.2, -0.15) is 0 Å². The van der Waals surface area contributed by atoms with E-state index >= 15 is 0 Å². The second kappa shape index (κ2) is 14.2. The lowest BCUT2D eigenvalue weighted by Gasteiger charge is -2.32. The first-order valence-electron chi connectivity index (χ1n) is 11.0. The van der Waals surface area contributed by atoms with Crippen molar-refractivity contribution in [1.82, 2.24) is 0 Å². The zero-order valence-corrected chi connectivity index (χ0v) is 23.5. The van der Waals surface area contributed by atoms with Crippen LogP contribution in [0.25, 0.3) is 11.0 Å². The number of benzene rings is 1. The first-order chi connectivity index (χ1) is 12.9. The quantitative estimate of drug-likeness (QED) is 0.171. The summed E-state index contributed by atoms with van der Waals surface area (Å²) in [6.07, 6.45) is 8.22. The van der Waals surface area contributed by atoms with Crippen LogP contribution in [0.15, 0.2) is 34.7 Å². The Labute approximate surface area is 213 Å². The van der Waals surface area contributed by atoms with Crippen molar-refractivity contribution in [3.63, 3.8) is 0 Å². The minimum atomic E-state index is 0. The van der Waals surface area contributed by atoms with E-state index in [9.17, 15) is 0 Å². The maximum absolute atomic E-state index is 6.06. The third kappa shape index (κ3) is 10.3. The number of nitrogens with zero attached hydrogens (tertiary/aromatic N) is 2. The second-order valence-corrected chi connectivity index (χ2v) is 9.16. The highest BCUT2D eigenvalue weighted by atomic mass is 127. The highest BCUT2D eigenvalue weighted by Gasteiger charge is 2.21. The molecule has 2 rings (SSSR count). The molecule has 0 fully saturated rings. The smallest absolute Gasteiger partial charge is 0.159 e. The highest BCUT2D eigenvalue weighted by Crippen LogP contribution is 2.22. The summed E-state index contributed by atoms with van der Waals surface area (Å²) in [5, 5.41) is 1.22. The summed E-state index contributed by atoms with van der Waals surface area (Å²) in [4.78, 5) is 0. The molecule has 0 bridgehead atoms. The van der Waals surface area contributed by atoms with E-state index < -0.39 is 0 Å². The summed E-state index contributed by atoms with van der Waals surface area (Å²) in [6, 6.07) is 10.6. The number of fused-ring (bicyclic) bond motifs is 1. The van der Waals surface area contributed by atoms with Crippen molar-refractivity contribution in [1.29, 1.82) is 0 Å². The molecule has 1 aromatic carbocycles. The van der Waals surface area contributed by atoms with E-state index in [1.807, 2.05) is 6.07 Å². The van der Waals surface area contributed by atoms with Crippen LogP contribution in [0.4, 0.5) is 0 Å². The van der Waals surface area contributed by atoms with Crippen molar-refractivity contribution in [3.05, 3.63) is 36.1 Å². The summed E-state index contributed by atoms with van der Waals surface area (Å²) in [6.45, 7) is 10.5. The molecular weight excluding hydrogens is 586 g/mol. The van der Waals surface area contributed by atoms with Gasteiger partial charge in [0.2, 0.25) is 0 Å². The molecule has 0 saturated heterocycles. The minimum Gasteiger partial charge on any atom is -1.00 e. The molecule has 0 aliphatic rings. The van der Waals surface area contributed by atoms with Gasteiger partial charge < -0.3 is 61.3 Å². The number of halogens is 2. The van der Waals surface area contributed by atoms with E-state index in [1.54, 1.807) is 0 Å². The lowest BCUT2D eigenvalue weighted by molar-refractivity contribution is -0.922. The molecule has 0 aliphatic carbocycles. The third-order valence-electron chi connectivity index (χ3n) is 6.35. The van der Waals surface area contributed by atoms with Crippen LogP contribution in [0.2, 0.25) is 0 Å². The summed E-state index contributed by atoms with van der Waals surface area (Å²) in [5.41, 5.74) is 1.01. The van der Waals surface area contributed by atoms with Crippen molar-refractivity contribution in [2.45, 2.75) is 58.9 Å². The van der Waals surface area contributed by atoms with E-state index in [0.29, 0.717) is 0 Å². The zero-order valence-electron chi connectivity index (χ0n) is 19.2. The summed E-state index contributed by atoms with van der Waals surface area (Å²) < 4.78 is 8.29. The SMILES string of the molecule is CC[N+](C)(C)CCCCCCCC[N+](C)(CC)Cc1cc2ccccc2o1.[I-].[I-]. The fourth-order valence-electron chi connectivity index (χ4n) is 3.74. The normalized spacial score (nSPS) is 13.6. The molecule has 1 heterocycles. The van der Waals surface area contributed by atoms with Crippen molar-refractivity contribution in [2.24, 2.45) is 0 Å². The third-order valence-corrected chi connectivity index (χ3v) is 6.35. The molecule has 0 aliphatic heterocycles. The number of rotatable bonds is 13. The molecule has 0 radical (unpaired) electrons. The largest absolute Gasteiger partial charge is 1.00 e. The van der Waals surface area contributed by atoms with Gasteiger partial charge >= 0.3 is 0 Å². The maximum Gasteiger partial charge on any atom is 0.159 e. The van der Waals surface area contributed by atoms with Crippen molar-refractivity contribution < 1.29 is 61.3 Å². The molecule has 0 saturated carbocycles. The zero-order chi connectivity index (χ0) is 19.8. The maximum atomic E-state index is 6.06. The summed E-state index contributed by atoms with van der Waals surface area (Å²) >= 11 is 0. The topological polar surface area (TPSA) is 13.1 Å². The highest BCUT2D eigenvalue weighted by molar-refractivity contribution is 5.77. The Kier molecular flexibility index (Phi) is 14.3. The van der Waals surface area contributed by atoms with Crippen LogP contribution in [0.5, 0.6) is 0 Å². The van der Waals surface area contributed by atoms with Crippen LogP contribution >= 0.6 is 0 Å². The van der Waals surface area contributed by atoms with Gasteiger partial charge in [0.15, 0.2) is 5.76 Å². The molecule has 5 heteroatoms. The predicted molar refractivity (Wildman–Crippen MR) is 117 cm³/mol. The van der Waals surface area contributed by atoms with Crippen LogP contribution in [0.3, 0.4) is 0 Å². The molecule has 3 nitrogen and oxygen atoms in total. The molecule has 1 atom stereocenters. The monoisotopic (exact) mass is 628 g/mol. The fraction of sp³-hybridized carbons (Fsp3) is 0.667. The number of para-hydroxylation sites is 1. The van der Waals surface area contributed by atoms with Crippen molar-refractivity contribution in [2.75, 3.05) is 47.3 Å². The number of furan rings is 1. The molecule has 29 heavy (non-hydrogen) atoms. The van der Waals surface area contributed by atoms with Crippen LogP contribution in [0, 0.1) is 0 Å². The van der Waals surface area contributed by atoms with Gasteiger partial charge in [0.1, 0.15) is 12.1 Å². The van der Waals surface area contributed by atoms with E-state index in [2.05, 4.69) is 59.3 Å². The van der Waals surface area contributed by atoms with Gasteiger partial charge in [-0.15, -0.1) is 0 Å². The lowest BCUT2D eigenvalue weighted by Crippen LogP contribution is -3.00. The van der Waals surface area contributed by atoms with Crippen molar-refractivity contribution in [3.8, 4) is 0 Å². The van der Waals surface area contributed by atoms with E-state index in [-0.39, 0.29) is 48.0 Å². The Morgan fingerprint density at radius 2 is 1.34 bits per heavy atom. The summed E-state index contributed by atoms with van der Waals surface area (Å²) in [7, 11) is 7.05. The van der Waals surface area contributed by atoms with Gasteiger partial charge in [0.05, 0.1) is 47.3 Å². The van der Waals surface area contributed by atoms with Crippen LogP contribution in [-0.4, -0.2) is 56.3 Å². The van der Waals surface area contributed by atoms with E-state index in [4.69, 9.17) is 4.42 Å². The van der Waals surface area contributed by atoms with Crippen LogP contribution in [0.1, 0.15) is 58.1 Å². The average Bonchev–Trinajstić information content (AvgIpc) is 3.05. The van der Waals surface area contributed by atoms with Crippen molar-refractivity contribution >= 4 is 11.0 Å². The Bertz CT molecular complexity index is 653. The molecule has 1 unspecified atom stereocenters. The lowest BCUT2D eigenvalue weighted by atomic mass is 10.1. The minimum absolute atomic E-state index is 0. The first-order valence-corrected chi connectivity index (χ1v) is 11.0. The number of hydrogen-bond acceptors (Lipinski definition) is 1. The average molecular weight is 628 g/mol. The first kappa shape index (κ1) is 29.1. The number of unbranched alkanes of at least 4 members (excludes halogenated alkanes) is 5. The van der Waals surface area contributed by atoms with Gasteiger partial charge in [-0.25, -0.2) is 0 Å². The molecule has 2 aromatic rings. The van der Waals surface area contributed by atoms with E-state index in [1.165, 1.54) is 63.5 Å².